The van der Waals surface area contributed by atoms with E-state index in [1.165, 1.54) is 11.6 Å². The quantitative estimate of drug-likeness (QED) is 0.537. The van der Waals surface area contributed by atoms with Crippen LogP contribution >= 0.6 is 0 Å². The smallest absolute Gasteiger partial charge is 0.417 e. The number of amides is 1. The number of hydrogen-bond donors (Lipinski definition) is 1. The lowest BCUT2D eigenvalue weighted by molar-refractivity contribution is -0.272. The number of carbonyl (C=O) groups excluding carboxylic acids is 1. The molecule has 3 heterocycles. The normalized spacial score (nSPS) is 29.0. The Hall–Kier alpha value is -2.77. The molecule has 1 N–H and O–H groups in total. The van der Waals surface area contributed by atoms with Crippen molar-refractivity contribution in [3.63, 3.8) is 0 Å². The van der Waals surface area contributed by atoms with Crippen molar-refractivity contribution in [3.8, 4) is 5.75 Å². The lowest BCUT2D eigenvalue weighted by atomic mass is 9.77. The zero-order chi connectivity index (χ0) is 28.2. The largest absolute Gasteiger partial charge is 0.493 e. The second-order valence-corrected chi connectivity index (χ2v) is 10.2. The van der Waals surface area contributed by atoms with Crippen LogP contribution in [0.3, 0.4) is 0 Å². The Morgan fingerprint density at radius 1 is 1.24 bits per heavy atom. The molecule has 2 aromatic rings. The first-order chi connectivity index (χ1) is 17.6. The fourth-order valence-corrected chi connectivity index (χ4v) is 5.09. The van der Waals surface area contributed by atoms with Crippen molar-refractivity contribution in [2.45, 2.75) is 69.8 Å². The third-order valence-electron chi connectivity index (χ3n) is 7.30. The van der Waals surface area contributed by atoms with Gasteiger partial charge in [0.2, 0.25) is 5.82 Å². The number of hydrogen-bond acceptors (Lipinski definition) is 6. The summed E-state index contributed by atoms with van der Waals surface area (Å²) >= 11 is 0. The molecule has 1 aromatic carbocycles. The molecule has 210 valence electrons. The molecule has 38 heavy (non-hydrogen) atoms. The van der Waals surface area contributed by atoms with Crippen molar-refractivity contribution < 1.29 is 45.7 Å². The van der Waals surface area contributed by atoms with E-state index < -0.39 is 58.8 Å². The van der Waals surface area contributed by atoms with Gasteiger partial charge in [-0.25, -0.2) is 4.39 Å². The highest BCUT2D eigenvalue weighted by Crippen LogP contribution is 2.55. The summed E-state index contributed by atoms with van der Waals surface area (Å²) < 4.78 is 94.0. The Kier molecular flexibility index (Phi) is 7.25. The molecule has 8 nitrogen and oxygen atoms in total. The number of carbonyl (C=O) groups is 1. The van der Waals surface area contributed by atoms with Crippen molar-refractivity contribution >= 4 is 11.7 Å². The monoisotopic (exact) mass is 547 g/mol. The number of aromatic nitrogens is 2. The molecule has 4 rings (SSSR count). The highest BCUT2D eigenvalue weighted by atomic mass is 19.4. The average molecular weight is 548 g/mol. The van der Waals surface area contributed by atoms with E-state index in [0.29, 0.717) is 18.7 Å². The van der Waals surface area contributed by atoms with Crippen LogP contribution in [-0.2, 0) is 32.5 Å². The minimum absolute atomic E-state index is 0.0820. The summed E-state index contributed by atoms with van der Waals surface area (Å²) in [4.78, 5) is 13.4. The molecule has 0 aliphatic carbocycles. The number of rotatable bonds is 6. The molecular weight excluding hydrogens is 517 g/mol. The van der Waals surface area contributed by atoms with Crippen LogP contribution in [-0.4, -0.2) is 59.2 Å². The van der Waals surface area contributed by atoms with Gasteiger partial charge in [0.15, 0.2) is 28.8 Å². The van der Waals surface area contributed by atoms with E-state index in [1.807, 2.05) is 0 Å². The Balaban J connectivity index is 1.63. The molecule has 2 aliphatic heterocycles. The third kappa shape index (κ3) is 4.98. The topological polar surface area (TPSA) is 83.8 Å². The van der Waals surface area contributed by atoms with Crippen LogP contribution in [0, 0.1) is 17.6 Å². The predicted octanol–water partition coefficient (Wildman–Crippen LogP) is 4.48. The Morgan fingerprint density at radius 2 is 1.92 bits per heavy atom. The zero-order valence-electron chi connectivity index (χ0n) is 21.8. The van der Waals surface area contributed by atoms with E-state index in [4.69, 9.17) is 18.9 Å². The zero-order valence-corrected chi connectivity index (χ0v) is 21.8. The molecule has 2 fully saturated rings. The maximum atomic E-state index is 14.5. The van der Waals surface area contributed by atoms with Gasteiger partial charge in [0.1, 0.15) is 6.10 Å². The summed E-state index contributed by atoms with van der Waals surface area (Å²) in [7, 11) is 2.71. The molecule has 0 radical (unpaired) electrons. The molecule has 13 heteroatoms. The van der Waals surface area contributed by atoms with E-state index in [-0.39, 0.29) is 17.5 Å². The highest BCUT2D eigenvalue weighted by molar-refractivity contribution is 5.94. The van der Waals surface area contributed by atoms with Gasteiger partial charge >= 0.3 is 6.18 Å². The molecule has 0 spiro atoms. The summed E-state index contributed by atoms with van der Waals surface area (Å²) in [6.07, 6.45) is -6.41. The molecular formula is C25H30F5N3O5. The first-order valence-corrected chi connectivity index (χ1v) is 12.0. The van der Waals surface area contributed by atoms with Crippen LogP contribution in [0.15, 0.2) is 18.2 Å². The third-order valence-corrected chi connectivity index (χ3v) is 7.30. The summed E-state index contributed by atoms with van der Waals surface area (Å²) in [6, 6.07) is 3.45. The first kappa shape index (κ1) is 28.2. The van der Waals surface area contributed by atoms with E-state index in [0.717, 1.165) is 26.2 Å². The number of anilines is 1. The number of alkyl halides is 3. The highest BCUT2D eigenvalue weighted by Gasteiger charge is 2.66. The SMILES string of the molecule is COc1c([C@H]2[C@H](C(=O)Nc3cc(C[C@H]4COC(C)(C)O4)n(C)n3)O[C@@](C)(C(F)(F)F)[C@H]2C)ccc(F)c1F. The fourth-order valence-electron chi connectivity index (χ4n) is 5.09. The molecule has 1 aromatic heterocycles. The van der Waals surface area contributed by atoms with Gasteiger partial charge in [-0.1, -0.05) is 13.0 Å². The number of halogens is 5. The van der Waals surface area contributed by atoms with Gasteiger partial charge in [-0.2, -0.15) is 22.7 Å². The van der Waals surface area contributed by atoms with Gasteiger partial charge < -0.3 is 24.3 Å². The minimum atomic E-state index is -4.86. The van der Waals surface area contributed by atoms with Crippen LogP contribution < -0.4 is 10.1 Å². The number of nitrogens with zero attached hydrogens (tertiary/aromatic N) is 2. The van der Waals surface area contributed by atoms with Gasteiger partial charge in [0, 0.05) is 42.6 Å². The van der Waals surface area contributed by atoms with Crippen LogP contribution in [0.5, 0.6) is 5.75 Å². The fraction of sp³-hybridized carbons (Fsp3) is 0.600. The van der Waals surface area contributed by atoms with Gasteiger partial charge in [-0.15, -0.1) is 0 Å². The molecule has 0 saturated carbocycles. The van der Waals surface area contributed by atoms with Crippen LogP contribution in [0.1, 0.15) is 44.9 Å². The van der Waals surface area contributed by atoms with Crippen molar-refractivity contribution in [3.05, 3.63) is 41.1 Å². The van der Waals surface area contributed by atoms with Gasteiger partial charge in [-0.05, 0) is 26.8 Å². The average Bonchev–Trinajstić information content (AvgIpc) is 3.43. The molecule has 2 aliphatic rings. The van der Waals surface area contributed by atoms with Crippen LogP contribution in [0.2, 0.25) is 0 Å². The van der Waals surface area contributed by atoms with Gasteiger partial charge in [0.05, 0.1) is 19.8 Å². The maximum absolute atomic E-state index is 14.5. The first-order valence-electron chi connectivity index (χ1n) is 12.0. The van der Waals surface area contributed by atoms with Crippen molar-refractivity contribution in [1.82, 2.24) is 9.78 Å². The number of benzene rings is 1. The van der Waals surface area contributed by atoms with E-state index in [1.54, 1.807) is 27.0 Å². The predicted molar refractivity (Wildman–Crippen MR) is 125 cm³/mol. The lowest BCUT2D eigenvalue weighted by Crippen LogP contribution is -2.47. The second kappa shape index (κ2) is 9.76. The number of ether oxygens (including phenoxy) is 4. The summed E-state index contributed by atoms with van der Waals surface area (Å²) in [5.41, 5.74) is -2.18. The molecule has 5 atom stereocenters. The van der Waals surface area contributed by atoms with Crippen molar-refractivity contribution in [1.29, 1.82) is 0 Å². The summed E-state index contributed by atoms with van der Waals surface area (Å²) in [5, 5.41) is 6.75. The Morgan fingerprint density at radius 3 is 2.50 bits per heavy atom. The van der Waals surface area contributed by atoms with Crippen molar-refractivity contribution in [2.24, 2.45) is 13.0 Å². The minimum Gasteiger partial charge on any atom is -0.493 e. The molecule has 0 unspecified atom stereocenters. The summed E-state index contributed by atoms with van der Waals surface area (Å²) in [5.74, 6) is -7.44. The van der Waals surface area contributed by atoms with E-state index in [2.05, 4.69) is 10.4 Å². The number of methoxy groups -OCH3 is 1. The van der Waals surface area contributed by atoms with Crippen LogP contribution in [0.4, 0.5) is 27.8 Å². The lowest BCUT2D eigenvalue weighted by Gasteiger charge is -2.32. The van der Waals surface area contributed by atoms with E-state index in [9.17, 15) is 26.7 Å². The second-order valence-electron chi connectivity index (χ2n) is 10.2. The van der Waals surface area contributed by atoms with Gasteiger partial charge in [-0.3, -0.25) is 9.48 Å². The summed E-state index contributed by atoms with van der Waals surface area (Å²) in [6.45, 7) is 6.02. The number of nitrogens with one attached hydrogen (secondary N) is 1. The van der Waals surface area contributed by atoms with E-state index >= 15 is 0 Å². The molecule has 1 amide bonds. The number of aryl methyl sites for hydroxylation is 1. The maximum Gasteiger partial charge on any atom is 0.417 e. The Labute approximate surface area is 216 Å². The molecule has 2 saturated heterocycles. The van der Waals surface area contributed by atoms with Crippen molar-refractivity contribution in [2.75, 3.05) is 19.0 Å². The standard InChI is InChI=1S/C25H30F5N3O5/c1-12-18(15-7-8-16(26)19(27)20(15)35-6)21(38-24(12,4)25(28,29)30)22(34)31-17-10-13(33(5)32-17)9-14-11-36-23(2,3)37-14/h7-8,10,12,14,18,21H,9,11H2,1-6H3,(H,31,32,34)/t12-,14-,18-,21+,24+/m0/s1. The molecule has 0 bridgehead atoms. The Bertz CT molecular complexity index is 1220. The van der Waals surface area contributed by atoms with Crippen LogP contribution in [0.25, 0.3) is 0 Å². The van der Waals surface area contributed by atoms with Gasteiger partial charge in [0.25, 0.3) is 5.91 Å².